The minimum absolute atomic E-state index is 0.0303. The van der Waals surface area contributed by atoms with Crippen molar-refractivity contribution in [2.45, 2.75) is 12.5 Å². The monoisotopic (exact) mass is 157 g/mol. The highest BCUT2D eigenvalue weighted by molar-refractivity contribution is 5.74. The predicted molar refractivity (Wildman–Crippen MR) is 43.5 cm³/mol. The van der Waals surface area contributed by atoms with Crippen molar-refractivity contribution >= 4 is 6.03 Å². The summed E-state index contributed by atoms with van der Waals surface area (Å²) in [7, 11) is 3.59. The molecule has 4 heteroatoms. The van der Waals surface area contributed by atoms with Gasteiger partial charge in [-0.2, -0.15) is 0 Å². The Kier molecular flexibility index (Phi) is 2.70. The van der Waals surface area contributed by atoms with Gasteiger partial charge in [0.1, 0.15) is 0 Å². The van der Waals surface area contributed by atoms with Crippen molar-refractivity contribution in [3.8, 4) is 0 Å². The highest BCUT2D eigenvalue weighted by Crippen LogP contribution is 2.07. The van der Waals surface area contributed by atoms with Crippen LogP contribution >= 0.6 is 0 Å². The quantitative estimate of drug-likeness (QED) is 0.545. The topological polar surface area (TPSA) is 44.4 Å². The van der Waals surface area contributed by atoms with Crippen LogP contribution in [0.2, 0.25) is 0 Å². The van der Waals surface area contributed by atoms with Crippen LogP contribution in [0.4, 0.5) is 4.79 Å². The fraction of sp³-hybridized carbons (Fsp3) is 0.857. The zero-order valence-electron chi connectivity index (χ0n) is 7.05. The van der Waals surface area contributed by atoms with E-state index in [1.165, 1.54) is 0 Å². The molecule has 11 heavy (non-hydrogen) atoms. The first-order valence-electron chi connectivity index (χ1n) is 3.92. The number of nitrogens with zero attached hydrogens (tertiary/aromatic N) is 1. The molecular weight excluding hydrogens is 142 g/mol. The van der Waals surface area contributed by atoms with E-state index in [2.05, 4.69) is 10.6 Å². The third-order valence-electron chi connectivity index (χ3n) is 2.10. The normalized spacial score (nSPS) is 23.8. The van der Waals surface area contributed by atoms with E-state index in [4.69, 9.17) is 0 Å². The lowest BCUT2D eigenvalue weighted by Crippen LogP contribution is -2.38. The Labute approximate surface area is 66.9 Å². The van der Waals surface area contributed by atoms with Crippen LogP contribution in [0.5, 0.6) is 0 Å². The van der Waals surface area contributed by atoms with Crippen molar-refractivity contribution in [1.29, 1.82) is 0 Å². The van der Waals surface area contributed by atoms with Gasteiger partial charge in [-0.05, 0) is 13.5 Å². The van der Waals surface area contributed by atoms with Crippen LogP contribution < -0.4 is 10.6 Å². The van der Waals surface area contributed by atoms with Gasteiger partial charge in [0, 0.05) is 26.2 Å². The highest BCUT2D eigenvalue weighted by Gasteiger charge is 2.23. The Hall–Kier alpha value is -0.770. The van der Waals surface area contributed by atoms with E-state index >= 15 is 0 Å². The molecule has 0 radical (unpaired) electrons. The van der Waals surface area contributed by atoms with Crippen LogP contribution in [-0.2, 0) is 0 Å². The second kappa shape index (κ2) is 3.57. The van der Waals surface area contributed by atoms with Crippen molar-refractivity contribution in [3.05, 3.63) is 0 Å². The molecule has 1 aliphatic rings. The van der Waals surface area contributed by atoms with Gasteiger partial charge in [-0.3, -0.25) is 0 Å². The van der Waals surface area contributed by atoms with E-state index < -0.39 is 0 Å². The molecule has 1 saturated heterocycles. The largest absolute Gasteiger partial charge is 0.341 e. The number of amides is 2. The van der Waals surface area contributed by atoms with Crippen molar-refractivity contribution < 1.29 is 4.79 Å². The smallest absolute Gasteiger partial charge is 0.317 e. The van der Waals surface area contributed by atoms with Crippen molar-refractivity contribution in [2.24, 2.45) is 0 Å². The summed E-state index contributed by atoms with van der Waals surface area (Å²) < 4.78 is 0. The van der Waals surface area contributed by atoms with Crippen LogP contribution in [0.15, 0.2) is 0 Å². The number of urea groups is 1. The number of nitrogens with one attached hydrogen (secondary N) is 2. The number of likely N-dealkylation sites (N-methyl/N-ethyl adjacent to an activating group) is 1. The van der Waals surface area contributed by atoms with Gasteiger partial charge in [-0.1, -0.05) is 0 Å². The number of hydrogen-bond donors (Lipinski definition) is 2. The van der Waals surface area contributed by atoms with Gasteiger partial charge in [0.15, 0.2) is 0 Å². The maximum atomic E-state index is 11.1. The van der Waals surface area contributed by atoms with Crippen molar-refractivity contribution in [3.63, 3.8) is 0 Å². The molecule has 2 N–H and O–H groups in total. The number of likely N-dealkylation sites (tertiary alicyclic amines) is 1. The lowest BCUT2D eigenvalue weighted by atomic mass is 10.3. The molecule has 0 aliphatic carbocycles. The third-order valence-corrected chi connectivity index (χ3v) is 2.10. The molecule has 1 heterocycles. The minimum atomic E-state index is 0.0303. The SMILES string of the molecule is CNC(=O)N1CC[C@H](NC)C1. The molecule has 0 aromatic carbocycles. The first kappa shape index (κ1) is 8.33. The predicted octanol–water partition coefficient (Wildman–Crippen LogP) is -0.380. The van der Waals surface area contributed by atoms with Crippen LogP contribution in [0.3, 0.4) is 0 Å². The number of rotatable bonds is 1. The molecule has 1 atom stereocenters. The molecule has 1 rings (SSSR count). The Bertz CT molecular complexity index is 149. The molecule has 0 aromatic rings. The van der Waals surface area contributed by atoms with Crippen molar-refractivity contribution in [1.82, 2.24) is 15.5 Å². The third kappa shape index (κ3) is 1.83. The van der Waals surface area contributed by atoms with Gasteiger partial charge in [0.25, 0.3) is 0 Å². The molecule has 0 unspecified atom stereocenters. The van der Waals surface area contributed by atoms with E-state index in [0.717, 1.165) is 19.5 Å². The van der Waals surface area contributed by atoms with E-state index in [-0.39, 0.29) is 6.03 Å². The maximum Gasteiger partial charge on any atom is 0.317 e. The molecular formula is C7H15N3O. The van der Waals surface area contributed by atoms with Gasteiger partial charge in [-0.15, -0.1) is 0 Å². The second-order valence-electron chi connectivity index (χ2n) is 2.78. The van der Waals surface area contributed by atoms with E-state index in [1.54, 1.807) is 7.05 Å². The summed E-state index contributed by atoms with van der Waals surface area (Å²) in [6, 6.07) is 0.509. The average Bonchev–Trinajstić information content (AvgIpc) is 2.50. The summed E-state index contributed by atoms with van der Waals surface area (Å²) in [6.45, 7) is 1.70. The lowest BCUT2D eigenvalue weighted by molar-refractivity contribution is 0.210. The highest BCUT2D eigenvalue weighted by atomic mass is 16.2. The second-order valence-corrected chi connectivity index (χ2v) is 2.78. The summed E-state index contributed by atoms with van der Waals surface area (Å²) in [5, 5.41) is 5.76. The molecule has 2 amide bonds. The van der Waals surface area contributed by atoms with Crippen LogP contribution in [-0.4, -0.2) is 44.2 Å². The number of hydrogen-bond acceptors (Lipinski definition) is 2. The summed E-state index contributed by atoms with van der Waals surface area (Å²) >= 11 is 0. The minimum Gasteiger partial charge on any atom is -0.341 e. The standard InChI is InChI=1S/C7H15N3O/c1-8-6-3-4-10(5-6)7(11)9-2/h6,8H,3-5H2,1-2H3,(H,9,11)/t6-/m0/s1. The van der Waals surface area contributed by atoms with Gasteiger partial charge < -0.3 is 15.5 Å². The first-order valence-corrected chi connectivity index (χ1v) is 3.92. The fourth-order valence-corrected chi connectivity index (χ4v) is 1.34. The molecule has 0 aromatic heterocycles. The zero-order chi connectivity index (χ0) is 8.27. The molecule has 1 fully saturated rings. The van der Waals surface area contributed by atoms with Gasteiger partial charge in [0.05, 0.1) is 0 Å². The first-order chi connectivity index (χ1) is 5.27. The summed E-state index contributed by atoms with van der Waals surface area (Å²) in [4.78, 5) is 12.9. The van der Waals surface area contributed by atoms with Crippen LogP contribution in [0.1, 0.15) is 6.42 Å². The molecule has 4 nitrogen and oxygen atoms in total. The van der Waals surface area contributed by atoms with Gasteiger partial charge >= 0.3 is 6.03 Å². The van der Waals surface area contributed by atoms with Crippen LogP contribution in [0, 0.1) is 0 Å². The Morgan fingerprint density at radius 1 is 1.55 bits per heavy atom. The fourth-order valence-electron chi connectivity index (χ4n) is 1.34. The molecule has 1 aliphatic heterocycles. The lowest BCUT2D eigenvalue weighted by Gasteiger charge is -2.14. The van der Waals surface area contributed by atoms with Gasteiger partial charge in [-0.25, -0.2) is 4.79 Å². The molecule has 0 spiro atoms. The molecule has 64 valence electrons. The Morgan fingerprint density at radius 3 is 2.73 bits per heavy atom. The Morgan fingerprint density at radius 2 is 2.27 bits per heavy atom. The van der Waals surface area contributed by atoms with Crippen LogP contribution in [0.25, 0.3) is 0 Å². The van der Waals surface area contributed by atoms with E-state index in [1.807, 2.05) is 11.9 Å². The summed E-state index contributed by atoms with van der Waals surface area (Å²) in [6.07, 6.45) is 1.06. The number of carbonyl (C=O) groups excluding carboxylic acids is 1. The van der Waals surface area contributed by atoms with Gasteiger partial charge in [0.2, 0.25) is 0 Å². The maximum absolute atomic E-state index is 11.1. The number of carbonyl (C=O) groups is 1. The van der Waals surface area contributed by atoms with Crippen molar-refractivity contribution in [2.75, 3.05) is 27.2 Å². The zero-order valence-corrected chi connectivity index (χ0v) is 7.05. The van der Waals surface area contributed by atoms with E-state index in [0.29, 0.717) is 6.04 Å². The summed E-state index contributed by atoms with van der Waals surface area (Å²) in [5.74, 6) is 0. The average molecular weight is 157 g/mol. The molecule has 0 saturated carbocycles. The summed E-state index contributed by atoms with van der Waals surface area (Å²) in [5.41, 5.74) is 0. The Balaban J connectivity index is 2.35. The molecule has 0 bridgehead atoms. The van der Waals surface area contributed by atoms with E-state index in [9.17, 15) is 4.79 Å².